The molecule has 0 saturated heterocycles. The molecule has 0 bridgehead atoms. The second kappa shape index (κ2) is 10.6. The summed E-state index contributed by atoms with van der Waals surface area (Å²) in [6.45, 7) is 15.3. The average Bonchev–Trinajstić information content (AvgIpc) is 2.63. The fraction of sp³-hybridized carbons (Fsp3) is 0.600. The normalized spacial score (nSPS) is 16.3. The molecule has 0 radical (unpaired) electrons. The number of fused-ring (bicyclic) bond motifs is 1. The number of rotatable bonds is 1. The van der Waals surface area contributed by atoms with Gasteiger partial charge >= 0.3 is 0 Å². The Hall–Kier alpha value is -1.30. The van der Waals surface area contributed by atoms with E-state index in [1.807, 2.05) is 13.8 Å². The lowest BCUT2D eigenvalue weighted by molar-refractivity contribution is 0.478. The predicted octanol–water partition coefficient (Wildman–Crippen LogP) is 7.99. The van der Waals surface area contributed by atoms with Gasteiger partial charge in [-0.25, -0.2) is 0 Å². The van der Waals surface area contributed by atoms with Gasteiger partial charge < -0.3 is 0 Å². The summed E-state index contributed by atoms with van der Waals surface area (Å²) >= 11 is 0. The van der Waals surface area contributed by atoms with Crippen LogP contribution in [0.3, 0.4) is 0 Å². The number of hydrogen-bond acceptors (Lipinski definition) is 0. The SMILES string of the molecule is CC.CCC1=CC=C(C(C)(C)C)CC1.Cc1ccc2c(c1)CCCC2. The van der Waals surface area contributed by atoms with E-state index in [2.05, 4.69) is 65.0 Å². The summed E-state index contributed by atoms with van der Waals surface area (Å²) < 4.78 is 0. The Kier molecular flexibility index (Phi) is 9.25. The Morgan fingerprint density at radius 3 is 2.00 bits per heavy atom. The van der Waals surface area contributed by atoms with Crippen LogP contribution in [0.15, 0.2) is 41.5 Å². The topological polar surface area (TPSA) is 0 Å². The molecule has 0 fully saturated rings. The lowest BCUT2D eigenvalue weighted by Gasteiger charge is -2.25. The highest BCUT2D eigenvalue weighted by Crippen LogP contribution is 2.33. The van der Waals surface area contributed by atoms with Crippen molar-refractivity contribution in [1.82, 2.24) is 0 Å². The summed E-state index contributed by atoms with van der Waals surface area (Å²) in [4.78, 5) is 0. The third-order valence-corrected chi connectivity index (χ3v) is 5.16. The first kappa shape index (κ1) is 21.7. The van der Waals surface area contributed by atoms with Crippen LogP contribution in [0.5, 0.6) is 0 Å². The van der Waals surface area contributed by atoms with E-state index < -0.39 is 0 Å². The summed E-state index contributed by atoms with van der Waals surface area (Å²) in [6.07, 6.45) is 13.8. The van der Waals surface area contributed by atoms with Crippen molar-refractivity contribution in [2.45, 2.75) is 93.4 Å². The molecule has 1 aromatic rings. The van der Waals surface area contributed by atoms with Crippen molar-refractivity contribution in [2.24, 2.45) is 5.41 Å². The van der Waals surface area contributed by atoms with Gasteiger partial charge in [-0.3, -0.25) is 0 Å². The molecule has 0 atom stereocenters. The van der Waals surface area contributed by atoms with Crippen molar-refractivity contribution in [3.05, 3.63) is 58.2 Å². The highest BCUT2D eigenvalue weighted by atomic mass is 14.2. The summed E-state index contributed by atoms with van der Waals surface area (Å²) in [5.41, 5.74) is 8.15. The fourth-order valence-corrected chi connectivity index (χ4v) is 3.46. The first-order valence-electron chi connectivity index (χ1n) is 10.4. The summed E-state index contributed by atoms with van der Waals surface area (Å²) in [7, 11) is 0. The van der Waals surface area contributed by atoms with Gasteiger partial charge in [0.15, 0.2) is 0 Å². The Morgan fingerprint density at radius 1 is 0.840 bits per heavy atom. The van der Waals surface area contributed by atoms with Gasteiger partial charge in [-0.15, -0.1) is 0 Å². The molecule has 0 nitrogen and oxygen atoms in total. The minimum Gasteiger partial charge on any atom is -0.0702 e. The molecule has 2 aliphatic rings. The van der Waals surface area contributed by atoms with Crippen molar-refractivity contribution >= 4 is 0 Å². The molecule has 0 amide bonds. The first-order valence-corrected chi connectivity index (χ1v) is 10.4. The molecular formula is C25H40. The first-order chi connectivity index (χ1) is 11.9. The Morgan fingerprint density at radius 2 is 1.48 bits per heavy atom. The highest BCUT2D eigenvalue weighted by molar-refractivity contribution is 5.33. The minimum atomic E-state index is 0.371. The van der Waals surface area contributed by atoms with Gasteiger partial charge in [0.1, 0.15) is 0 Å². The molecule has 0 unspecified atom stereocenters. The number of aryl methyl sites for hydroxylation is 3. The zero-order valence-corrected chi connectivity index (χ0v) is 17.8. The summed E-state index contributed by atoms with van der Waals surface area (Å²) in [5, 5.41) is 0. The molecule has 25 heavy (non-hydrogen) atoms. The molecule has 0 N–H and O–H groups in total. The summed E-state index contributed by atoms with van der Waals surface area (Å²) in [5.74, 6) is 0. The van der Waals surface area contributed by atoms with Crippen LogP contribution in [0.25, 0.3) is 0 Å². The maximum Gasteiger partial charge on any atom is -0.0170 e. The van der Waals surface area contributed by atoms with Crippen LogP contribution in [0, 0.1) is 12.3 Å². The van der Waals surface area contributed by atoms with Crippen LogP contribution in [0.1, 0.15) is 90.3 Å². The molecule has 0 saturated carbocycles. The Balaban J connectivity index is 0.000000228. The third kappa shape index (κ3) is 7.22. The van der Waals surface area contributed by atoms with Crippen LogP contribution in [-0.2, 0) is 12.8 Å². The van der Waals surface area contributed by atoms with E-state index >= 15 is 0 Å². The molecular weight excluding hydrogens is 300 g/mol. The van der Waals surface area contributed by atoms with Gasteiger partial charge in [0, 0.05) is 0 Å². The number of hydrogen-bond donors (Lipinski definition) is 0. The van der Waals surface area contributed by atoms with Gasteiger partial charge in [0.25, 0.3) is 0 Å². The van der Waals surface area contributed by atoms with Crippen molar-refractivity contribution in [3.63, 3.8) is 0 Å². The van der Waals surface area contributed by atoms with Gasteiger partial charge in [-0.2, -0.15) is 0 Å². The minimum absolute atomic E-state index is 0.371. The van der Waals surface area contributed by atoms with Crippen LogP contribution in [0.2, 0.25) is 0 Å². The Labute approximate surface area is 157 Å². The van der Waals surface area contributed by atoms with Crippen molar-refractivity contribution in [3.8, 4) is 0 Å². The van der Waals surface area contributed by atoms with E-state index in [4.69, 9.17) is 0 Å². The molecule has 0 aliphatic heterocycles. The largest absolute Gasteiger partial charge is 0.0702 e. The van der Waals surface area contributed by atoms with Gasteiger partial charge in [-0.05, 0) is 68.4 Å². The molecule has 0 aromatic heterocycles. The maximum atomic E-state index is 2.34. The predicted molar refractivity (Wildman–Crippen MR) is 114 cm³/mol. The fourth-order valence-electron chi connectivity index (χ4n) is 3.46. The molecule has 0 heteroatoms. The molecule has 3 rings (SSSR count). The highest BCUT2D eigenvalue weighted by Gasteiger charge is 2.18. The van der Waals surface area contributed by atoms with E-state index in [9.17, 15) is 0 Å². The van der Waals surface area contributed by atoms with E-state index in [0.29, 0.717) is 5.41 Å². The zero-order valence-electron chi connectivity index (χ0n) is 17.8. The van der Waals surface area contributed by atoms with Crippen LogP contribution < -0.4 is 0 Å². The number of allylic oxidation sites excluding steroid dienone is 4. The maximum absolute atomic E-state index is 2.34. The molecule has 0 spiro atoms. The van der Waals surface area contributed by atoms with E-state index in [0.717, 1.165) is 0 Å². The summed E-state index contributed by atoms with van der Waals surface area (Å²) in [6, 6.07) is 6.86. The average molecular weight is 341 g/mol. The van der Waals surface area contributed by atoms with Crippen LogP contribution >= 0.6 is 0 Å². The van der Waals surface area contributed by atoms with E-state index in [-0.39, 0.29) is 0 Å². The van der Waals surface area contributed by atoms with E-state index in [1.165, 1.54) is 50.5 Å². The molecule has 1 aromatic carbocycles. The molecule has 0 heterocycles. The van der Waals surface area contributed by atoms with Crippen LogP contribution in [-0.4, -0.2) is 0 Å². The lowest BCUT2D eigenvalue weighted by atomic mass is 9.80. The van der Waals surface area contributed by atoms with Crippen molar-refractivity contribution in [2.75, 3.05) is 0 Å². The van der Waals surface area contributed by atoms with E-state index in [1.54, 1.807) is 22.3 Å². The third-order valence-electron chi connectivity index (χ3n) is 5.16. The molecule has 140 valence electrons. The van der Waals surface area contributed by atoms with Gasteiger partial charge in [0.05, 0.1) is 0 Å². The Bertz CT molecular complexity index is 579. The monoisotopic (exact) mass is 340 g/mol. The standard InChI is InChI=1S/C12H20.C11H14.C2H6/c1-5-10-6-8-11(9-7-10)12(2,3)4;1-9-6-7-10-4-2-3-5-11(10)8-9;1-2/h6,8H,5,7,9H2,1-4H3;6-8H,2-5H2,1H3;1-2H3. The number of benzene rings is 1. The van der Waals surface area contributed by atoms with Gasteiger partial charge in [-0.1, -0.05) is 88.6 Å². The zero-order chi connectivity index (χ0) is 18.9. The lowest BCUT2D eigenvalue weighted by Crippen LogP contribution is -2.11. The smallest absolute Gasteiger partial charge is 0.0170 e. The van der Waals surface area contributed by atoms with Crippen molar-refractivity contribution < 1.29 is 0 Å². The molecule has 2 aliphatic carbocycles. The van der Waals surface area contributed by atoms with Crippen LogP contribution in [0.4, 0.5) is 0 Å². The quantitative estimate of drug-likeness (QED) is 0.486. The van der Waals surface area contributed by atoms with Gasteiger partial charge in [0.2, 0.25) is 0 Å². The second-order valence-corrected chi connectivity index (χ2v) is 8.10. The second-order valence-electron chi connectivity index (χ2n) is 8.10. The van der Waals surface area contributed by atoms with Crippen molar-refractivity contribution in [1.29, 1.82) is 0 Å².